The molecule has 1 heterocycles. The second kappa shape index (κ2) is 9.12. The van der Waals surface area contributed by atoms with Crippen molar-refractivity contribution in [2.45, 2.75) is 78.5 Å². The average molecular weight is 412 g/mol. The van der Waals surface area contributed by atoms with Crippen molar-refractivity contribution < 1.29 is 19.4 Å². The van der Waals surface area contributed by atoms with Crippen molar-refractivity contribution in [1.82, 2.24) is 5.32 Å². The van der Waals surface area contributed by atoms with Gasteiger partial charge in [0.05, 0.1) is 0 Å². The number of nitrogens with one attached hydrogen (secondary N) is 1. The van der Waals surface area contributed by atoms with Crippen LogP contribution in [0.2, 0.25) is 5.02 Å². The first kappa shape index (κ1) is 23.1. The van der Waals surface area contributed by atoms with Gasteiger partial charge < -0.3 is 19.9 Å². The maximum absolute atomic E-state index is 11.7. The number of aliphatic carboxylic acids is 1. The first-order chi connectivity index (χ1) is 12.9. The van der Waals surface area contributed by atoms with Gasteiger partial charge in [0, 0.05) is 22.5 Å². The van der Waals surface area contributed by atoms with Crippen LogP contribution in [0.4, 0.5) is 0 Å². The van der Waals surface area contributed by atoms with Crippen LogP contribution in [0, 0.1) is 17.8 Å². The van der Waals surface area contributed by atoms with Gasteiger partial charge in [0.15, 0.2) is 12.4 Å². The van der Waals surface area contributed by atoms with Crippen LogP contribution >= 0.6 is 11.6 Å². The maximum Gasteiger partial charge on any atom is 0.333 e. The van der Waals surface area contributed by atoms with E-state index in [-0.39, 0.29) is 35.4 Å². The maximum atomic E-state index is 11.7. The molecule has 158 valence electrons. The fraction of sp³-hybridized carbons (Fsp3) is 0.682. The smallest absolute Gasteiger partial charge is 0.333 e. The fourth-order valence-corrected chi connectivity index (χ4v) is 4.10. The molecule has 1 aromatic carbocycles. The van der Waals surface area contributed by atoms with Crippen LogP contribution < -0.4 is 5.32 Å². The summed E-state index contributed by atoms with van der Waals surface area (Å²) in [5.74, 6) is -0.804. The van der Waals surface area contributed by atoms with Gasteiger partial charge in [0.1, 0.15) is 6.10 Å². The van der Waals surface area contributed by atoms with E-state index in [0.717, 1.165) is 5.56 Å². The zero-order chi connectivity index (χ0) is 21.2. The van der Waals surface area contributed by atoms with Gasteiger partial charge in [-0.3, -0.25) is 0 Å². The molecule has 1 aliphatic rings. The van der Waals surface area contributed by atoms with Crippen molar-refractivity contribution in [3.8, 4) is 0 Å². The van der Waals surface area contributed by atoms with E-state index in [1.165, 1.54) is 0 Å². The molecule has 2 N–H and O–H groups in total. The number of benzene rings is 1. The lowest BCUT2D eigenvalue weighted by atomic mass is 9.79. The number of hydrogen-bond donors (Lipinski definition) is 2. The van der Waals surface area contributed by atoms with E-state index in [9.17, 15) is 9.90 Å². The van der Waals surface area contributed by atoms with Crippen molar-refractivity contribution in [2.75, 3.05) is 0 Å². The van der Waals surface area contributed by atoms with E-state index in [2.05, 4.69) is 46.9 Å². The highest BCUT2D eigenvalue weighted by Crippen LogP contribution is 2.38. The van der Waals surface area contributed by atoms with Crippen molar-refractivity contribution in [1.29, 1.82) is 0 Å². The minimum absolute atomic E-state index is 0.0350. The summed E-state index contributed by atoms with van der Waals surface area (Å²) < 4.78 is 12.4. The van der Waals surface area contributed by atoms with Crippen molar-refractivity contribution in [2.24, 2.45) is 17.8 Å². The first-order valence-corrected chi connectivity index (χ1v) is 10.4. The van der Waals surface area contributed by atoms with E-state index >= 15 is 0 Å². The molecule has 0 spiro atoms. The summed E-state index contributed by atoms with van der Waals surface area (Å²) in [6.45, 7) is 14.4. The molecule has 2 rings (SSSR count). The topological polar surface area (TPSA) is 67.8 Å². The number of carboxylic acid groups (broad SMARTS) is 1. The molecule has 1 unspecified atom stereocenters. The lowest BCUT2D eigenvalue weighted by Gasteiger charge is -2.44. The molecule has 6 heteroatoms. The minimum Gasteiger partial charge on any atom is -0.479 e. The Labute approximate surface area is 173 Å². The first-order valence-electron chi connectivity index (χ1n) is 9.97. The summed E-state index contributed by atoms with van der Waals surface area (Å²) in [4.78, 5) is 11.7. The highest BCUT2D eigenvalue weighted by molar-refractivity contribution is 6.30. The normalized spacial score (nSPS) is 30.6. The number of rotatable bonds is 6. The number of carboxylic acids is 1. The molecular weight excluding hydrogens is 378 g/mol. The number of ether oxygens (including phenoxy) is 2. The minimum atomic E-state index is -0.944. The lowest BCUT2D eigenvalue weighted by Crippen LogP contribution is -2.51. The van der Waals surface area contributed by atoms with Crippen LogP contribution in [0.1, 0.15) is 60.1 Å². The van der Waals surface area contributed by atoms with Gasteiger partial charge >= 0.3 is 5.97 Å². The fourth-order valence-electron chi connectivity index (χ4n) is 3.91. The van der Waals surface area contributed by atoms with E-state index in [0.29, 0.717) is 5.02 Å². The number of halogens is 1. The van der Waals surface area contributed by atoms with Crippen LogP contribution in [0.3, 0.4) is 0 Å². The Morgan fingerprint density at radius 1 is 1.21 bits per heavy atom. The second-order valence-electron chi connectivity index (χ2n) is 9.14. The van der Waals surface area contributed by atoms with Gasteiger partial charge in [-0.15, -0.1) is 0 Å². The van der Waals surface area contributed by atoms with Crippen LogP contribution in [-0.2, 0) is 14.3 Å². The Kier molecular flexibility index (Phi) is 7.54. The third-order valence-corrected chi connectivity index (χ3v) is 5.90. The van der Waals surface area contributed by atoms with E-state index in [1.807, 2.05) is 31.2 Å². The molecule has 0 amide bonds. The lowest BCUT2D eigenvalue weighted by molar-refractivity contribution is -0.268. The van der Waals surface area contributed by atoms with Gasteiger partial charge in [0.25, 0.3) is 0 Å². The van der Waals surface area contributed by atoms with Gasteiger partial charge in [-0.2, -0.15) is 0 Å². The second-order valence-corrected chi connectivity index (χ2v) is 9.57. The Bertz CT molecular complexity index is 675. The Morgan fingerprint density at radius 2 is 1.86 bits per heavy atom. The van der Waals surface area contributed by atoms with Crippen LogP contribution in [0.15, 0.2) is 24.3 Å². The summed E-state index contributed by atoms with van der Waals surface area (Å²) >= 11 is 6.22. The van der Waals surface area contributed by atoms with Crippen LogP contribution in [-0.4, -0.2) is 35.1 Å². The molecule has 5 nitrogen and oxygen atoms in total. The molecule has 1 aromatic rings. The molecule has 28 heavy (non-hydrogen) atoms. The standard InChI is InChI=1S/C22H34ClNO4/c1-12-13(2)18(20(25)26)27-21(14(12)3)28-19(15(4)24-22(5,6)7)16-9-8-10-17(23)11-16/h8-15,18-19,21,24H,1-7H3,(H,25,26)/t12-,13-,14+,15-,18-,19+,21?/m0/s1. The average Bonchev–Trinajstić information content (AvgIpc) is 2.57. The van der Waals surface area contributed by atoms with Gasteiger partial charge in [0.2, 0.25) is 0 Å². The van der Waals surface area contributed by atoms with Crippen LogP contribution in [0.5, 0.6) is 0 Å². The van der Waals surface area contributed by atoms with Gasteiger partial charge in [-0.25, -0.2) is 4.79 Å². The van der Waals surface area contributed by atoms with Crippen molar-refractivity contribution >= 4 is 17.6 Å². The van der Waals surface area contributed by atoms with Gasteiger partial charge in [-0.1, -0.05) is 44.5 Å². The molecular formula is C22H34ClNO4. The van der Waals surface area contributed by atoms with Crippen LogP contribution in [0.25, 0.3) is 0 Å². The molecule has 1 saturated heterocycles. The van der Waals surface area contributed by atoms with E-state index in [4.69, 9.17) is 21.1 Å². The SMILES string of the molecule is C[C@H]1[C@H](C)[C@@H](C)C(O[C@@H](c2cccc(Cl)c2)[C@H](C)NC(C)(C)C)O[C@@H]1C(=O)O. The monoisotopic (exact) mass is 411 g/mol. The summed E-state index contributed by atoms with van der Waals surface area (Å²) in [5, 5.41) is 13.8. The molecule has 0 aliphatic carbocycles. The molecule has 0 saturated carbocycles. The third kappa shape index (κ3) is 5.69. The molecule has 0 bridgehead atoms. The highest BCUT2D eigenvalue weighted by Gasteiger charge is 2.44. The predicted octanol–water partition coefficient (Wildman–Crippen LogP) is 4.89. The van der Waals surface area contributed by atoms with Gasteiger partial charge in [-0.05, 0) is 57.2 Å². The van der Waals surface area contributed by atoms with E-state index < -0.39 is 18.4 Å². The number of hydrogen-bond acceptors (Lipinski definition) is 4. The van der Waals surface area contributed by atoms with E-state index in [1.54, 1.807) is 0 Å². The summed E-state index contributed by atoms with van der Waals surface area (Å²) in [6, 6.07) is 7.56. The molecule has 1 fully saturated rings. The Hall–Kier alpha value is -1.14. The summed E-state index contributed by atoms with van der Waals surface area (Å²) in [7, 11) is 0. The Balaban J connectivity index is 2.31. The summed E-state index contributed by atoms with van der Waals surface area (Å²) in [6.07, 6.45) is -1.82. The van der Waals surface area contributed by atoms with Crippen molar-refractivity contribution in [3.63, 3.8) is 0 Å². The predicted molar refractivity (Wildman–Crippen MR) is 111 cm³/mol. The Morgan fingerprint density at radius 3 is 2.39 bits per heavy atom. The number of carbonyl (C=O) groups is 1. The molecule has 0 radical (unpaired) electrons. The third-order valence-electron chi connectivity index (χ3n) is 5.66. The molecule has 0 aromatic heterocycles. The quantitative estimate of drug-likeness (QED) is 0.697. The highest BCUT2D eigenvalue weighted by atomic mass is 35.5. The zero-order valence-corrected chi connectivity index (χ0v) is 18.7. The molecule has 7 atom stereocenters. The largest absolute Gasteiger partial charge is 0.479 e. The van der Waals surface area contributed by atoms with Crippen molar-refractivity contribution in [3.05, 3.63) is 34.9 Å². The summed E-state index contributed by atoms with van der Waals surface area (Å²) in [5.41, 5.74) is 0.829. The molecule has 1 aliphatic heterocycles. The zero-order valence-electron chi connectivity index (χ0n) is 17.9.